The molecule has 0 aliphatic carbocycles. The molecule has 3 aromatic rings. The number of hydrogen-bond acceptors (Lipinski definition) is 3. The third-order valence-electron chi connectivity index (χ3n) is 3.26. The van der Waals surface area contributed by atoms with Crippen LogP contribution in [-0.2, 0) is 11.8 Å². The van der Waals surface area contributed by atoms with Crippen molar-refractivity contribution in [3.8, 4) is 5.82 Å². The minimum Gasteiger partial charge on any atom is -0.299 e. The Morgan fingerprint density at radius 2 is 2.05 bits per heavy atom. The highest BCUT2D eigenvalue weighted by atomic mass is 16.1. The lowest BCUT2D eigenvalue weighted by molar-refractivity contribution is -0.104. The molecular formula is C15H14N4O. The van der Waals surface area contributed by atoms with Crippen molar-refractivity contribution in [1.29, 1.82) is 0 Å². The van der Waals surface area contributed by atoms with Crippen LogP contribution in [0.5, 0.6) is 0 Å². The van der Waals surface area contributed by atoms with Crippen LogP contribution >= 0.6 is 0 Å². The number of fused-ring (bicyclic) bond motifs is 1. The largest absolute Gasteiger partial charge is 0.299 e. The molecule has 20 heavy (non-hydrogen) atoms. The second kappa shape index (κ2) is 4.77. The maximum atomic E-state index is 10.6. The second-order valence-electron chi connectivity index (χ2n) is 4.56. The molecule has 0 N–H and O–H groups in total. The molecule has 2 heterocycles. The summed E-state index contributed by atoms with van der Waals surface area (Å²) in [5, 5.41) is 9.92. The van der Waals surface area contributed by atoms with Crippen LogP contribution < -0.4 is 0 Å². The SMILES string of the molecule is Cc1nn(C)c(-n2ncc3ccccc32)c1/C=C/C=O. The summed E-state index contributed by atoms with van der Waals surface area (Å²) < 4.78 is 3.62. The van der Waals surface area contributed by atoms with Gasteiger partial charge in [-0.3, -0.25) is 9.48 Å². The number of nitrogens with zero attached hydrogens (tertiary/aromatic N) is 4. The quantitative estimate of drug-likeness (QED) is 0.540. The smallest absolute Gasteiger partial charge is 0.159 e. The standard InChI is InChI=1S/C15H14N4O/c1-11-13(7-5-9-20)15(18(2)17-11)19-14-8-4-3-6-12(14)10-16-19/h3-10H,1-2H3/b7-5+. The maximum Gasteiger partial charge on any atom is 0.159 e. The van der Waals surface area contributed by atoms with E-state index in [-0.39, 0.29) is 0 Å². The molecule has 3 rings (SSSR count). The number of carbonyl (C=O) groups excluding carboxylic acids is 1. The molecule has 0 aliphatic rings. The summed E-state index contributed by atoms with van der Waals surface area (Å²) in [5.41, 5.74) is 2.77. The minimum absolute atomic E-state index is 0.761. The summed E-state index contributed by atoms with van der Waals surface area (Å²) in [6.07, 6.45) is 5.82. The Kier molecular flexibility index (Phi) is 2.95. The first-order valence-corrected chi connectivity index (χ1v) is 6.31. The number of aldehydes is 1. The number of hydrogen-bond donors (Lipinski definition) is 0. The minimum atomic E-state index is 0.761. The molecule has 5 nitrogen and oxygen atoms in total. The van der Waals surface area contributed by atoms with E-state index in [1.807, 2.05) is 49.1 Å². The fraction of sp³-hybridized carbons (Fsp3) is 0.133. The number of benzene rings is 1. The van der Waals surface area contributed by atoms with Crippen LogP contribution in [0.4, 0.5) is 0 Å². The average molecular weight is 266 g/mol. The van der Waals surface area contributed by atoms with E-state index < -0.39 is 0 Å². The molecule has 0 saturated heterocycles. The number of rotatable bonds is 3. The van der Waals surface area contributed by atoms with Crippen molar-refractivity contribution < 1.29 is 4.79 Å². The summed E-state index contributed by atoms with van der Waals surface area (Å²) in [6.45, 7) is 1.92. The Morgan fingerprint density at radius 3 is 2.85 bits per heavy atom. The first-order chi connectivity index (χ1) is 9.72. The van der Waals surface area contributed by atoms with Gasteiger partial charge in [0.25, 0.3) is 0 Å². The summed E-state index contributed by atoms with van der Waals surface area (Å²) in [4.78, 5) is 10.6. The lowest BCUT2D eigenvalue weighted by Gasteiger charge is -2.05. The molecule has 0 fully saturated rings. The second-order valence-corrected chi connectivity index (χ2v) is 4.56. The predicted octanol–water partition coefficient (Wildman–Crippen LogP) is 2.28. The molecule has 5 heteroatoms. The fourth-order valence-electron chi connectivity index (χ4n) is 2.38. The van der Waals surface area contributed by atoms with E-state index in [4.69, 9.17) is 0 Å². The predicted molar refractivity (Wildman–Crippen MR) is 77.7 cm³/mol. The van der Waals surface area contributed by atoms with Crippen molar-refractivity contribution in [1.82, 2.24) is 19.6 Å². The number of allylic oxidation sites excluding steroid dienone is 1. The van der Waals surface area contributed by atoms with Crippen molar-refractivity contribution in [3.05, 3.63) is 47.8 Å². The van der Waals surface area contributed by atoms with E-state index in [1.54, 1.807) is 10.8 Å². The van der Waals surface area contributed by atoms with E-state index in [1.165, 1.54) is 6.08 Å². The molecule has 0 aliphatic heterocycles. The van der Waals surface area contributed by atoms with Crippen molar-refractivity contribution in [2.75, 3.05) is 0 Å². The van der Waals surface area contributed by atoms with Crippen LogP contribution in [0.15, 0.2) is 36.5 Å². The van der Waals surface area contributed by atoms with Crippen LogP contribution in [0.3, 0.4) is 0 Å². The molecule has 0 atom stereocenters. The highest BCUT2D eigenvalue weighted by molar-refractivity contribution is 5.82. The van der Waals surface area contributed by atoms with Crippen LogP contribution in [-0.4, -0.2) is 25.8 Å². The fourth-order valence-corrected chi connectivity index (χ4v) is 2.38. The molecule has 0 radical (unpaired) electrons. The first-order valence-electron chi connectivity index (χ1n) is 6.31. The molecular weight excluding hydrogens is 252 g/mol. The molecule has 0 unspecified atom stereocenters. The zero-order valence-corrected chi connectivity index (χ0v) is 11.3. The van der Waals surface area contributed by atoms with Gasteiger partial charge in [-0.15, -0.1) is 0 Å². The van der Waals surface area contributed by atoms with Gasteiger partial charge in [0.1, 0.15) is 6.29 Å². The van der Waals surface area contributed by atoms with E-state index >= 15 is 0 Å². The monoisotopic (exact) mass is 266 g/mol. The molecule has 0 saturated carbocycles. The Morgan fingerprint density at radius 1 is 1.25 bits per heavy atom. The zero-order valence-electron chi connectivity index (χ0n) is 11.3. The van der Waals surface area contributed by atoms with Gasteiger partial charge in [0, 0.05) is 18.0 Å². The molecule has 100 valence electrons. The Hall–Kier alpha value is -2.69. The highest BCUT2D eigenvalue weighted by Crippen LogP contribution is 2.23. The van der Waals surface area contributed by atoms with E-state index in [0.717, 1.165) is 34.3 Å². The maximum absolute atomic E-state index is 10.6. The normalized spacial score (nSPS) is 11.5. The van der Waals surface area contributed by atoms with Gasteiger partial charge in [-0.1, -0.05) is 18.2 Å². The van der Waals surface area contributed by atoms with Gasteiger partial charge in [-0.05, 0) is 25.1 Å². The topological polar surface area (TPSA) is 52.7 Å². The third kappa shape index (κ3) is 1.84. The molecule has 2 aromatic heterocycles. The first kappa shape index (κ1) is 12.3. The third-order valence-corrected chi connectivity index (χ3v) is 3.26. The molecule has 0 spiro atoms. The molecule has 0 bridgehead atoms. The summed E-state index contributed by atoms with van der Waals surface area (Å²) in [7, 11) is 1.87. The highest BCUT2D eigenvalue weighted by Gasteiger charge is 2.15. The number of para-hydroxylation sites is 1. The van der Waals surface area contributed by atoms with E-state index in [9.17, 15) is 4.79 Å². The van der Waals surface area contributed by atoms with Gasteiger partial charge < -0.3 is 0 Å². The van der Waals surface area contributed by atoms with Crippen LogP contribution in [0.2, 0.25) is 0 Å². The van der Waals surface area contributed by atoms with Crippen molar-refractivity contribution in [2.45, 2.75) is 6.92 Å². The van der Waals surface area contributed by atoms with E-state index in [2.05, 4.69) is 10.2 Å². The number of carbonyl (C=O) groups is 1. The van der Waals surface area contributed by atoms with Crippen molar-refractivity contribution >= 4 is 23.3 Å². The van der Waals surface area contributed by atoms with Crippen LogP contribution in [0.1, 0.15) is 11.3 Å². The van der Waals surface area contributed by atoms with Gasteiger partial charge in [-0.25, -0.2) is 4.68 Å². The van der Waals surface area contributed by atoms with E-state index in [0.29, 0.717) is 0 Å². The lowest BCUT2D eigenvalue weighted by atomic mass is 10.2. The Bertz CT molecular complexity index is 811. The van der Waals surface area contributed by atoms with Gasteiger partial charge in [0.15, 0.2) is 5.82 Å². The Balaban J connectivity index is 2.29. The lowest BCUT2D eigenvalue weighted by Crippen LogP contribution is -2.05. The van der Waals surface area contributed by atoms with Crippen LogP contribution in [0.25, 0.3) is 22.8 Å². The van der Waals surface area contributed by atoms with Crippen molar-refractivity contribution in [3.63, 3.8) is 0 Å². The van der Waals surface area contributed by atoms with Gasteiger partial charge in [0.05, 0.1) is 17.4 Å². The number of aryl methyl sites for hydroxylation is 2. The summed E-state index contributed by atoms with van der Waals surface area (Å²) in [5.74, 6) is 0.849. The zero-order chi connectivity index (χ0) is 14.1. The van der Waals surface area contributed by atoms with Gasteiger partial charge >= 0.3 is 0 Å². The van der Waals surface area contributed by atoms with Gasteiger partial charge in [-0.2, -0.15) is 10.2 Å². The van der Waals surface area contributed by atoms with Crippen LogP contribution in [0, 0.1) is 6.92 Å². The summed E-state index contributed by atoms with van der Waals surface area (Å²) >= 11 is 0. The summed E-state index contributed by atoms with van der Waals surface area (Å²) in [6, 6.07) is 7.99. The average Bonchev–Trinajstić information content (AvgIpc) is 2.97. The number of aromatic nitrogens is 4. The Labute approximate surface area is 116 Å². The van der Waals surface area contributed by atoms with Crippen molar-refractivity contribution in [2.24, 2.45) is 7.05 Å². The molecule has 1 aromatic carbocycles. The van der Waals surface area contributed by atoms with Gasteiger partial charge in [0.2, 0.25) is 0 Å². The molecule has 0 amide bonds.